The van der Waals surface area contributed by atoms with Crippen molar-refractivity contribution in [3.63, 3.8) is 0 Å². The highest BCUT2D eigenvalue weighted by molar-refractivity contribution is 6.31. The molecule has 0 unspecified atom stereocenters. The Labute approximate surface area is 134 Å². The van der Waals surface area contributed by atoms with Gasteiger partial charge in [-0.25, -0.2) is 0 Å². The van der Waals surface area contributed by atoms with Crippen LogP contribution < -0.4 is 0 Å². The summed E-state index contributed by atoms with van der Waals surface area (Å²) in [6.45, 7) is 5.14. The Kier molecular flexibility index (Phi) is 6.18. The van der Waals surface area contributed by atoms with Crippen LogP contribution in [0.4, 0.5) is 0 Å². The Morgan fingerprint density at radius 3 is 1.45 bits per heavy atom. The largest absolute Gasteiger partial charge is 0.299 e. The van der Waals surface area contributed by atoms with Gasteiger partial charge in [-0.05, 0) is 39.3 Å². The molecule has 1 rings (SSSR count). The van der Waals surface area contributed by atoms with Crippen molar-refractivity contribution in [3.8, 4) is 0 Å². The van der Waals surface area contributed by atoms with Gasteiger partial charge >= 0.3 is 0 Å². The van der Waals surface area contributed by atoms with E-state index in [1.165, 1.54) is 27.7 Å². The van der Waals surface area contributed by atoms with Crippen molar-refractivity contribution in [1.29, 1.82) is 0 Å². The van der Waals surface area contributed by atoms with Crippen LogP contribution in [0.3, 0.4) is 0 Å². The summed E-state index contributed by atoms with van der Waals surface area (Å²) >= 11 is 6.18. The van der Waals surface area contributed by atoms with Crippen LogP contribution in [0.15, 0.2) is 24.3 Å². The molecule has 0 N–H and O–H groups in total. The van der Waals surface area contributed by atoms with Crippen LogP contribution in [-0.2, 0) is 19.2 Å². The Morgan fingerprint density at radius 2 is 1.14 bits per heavy atom. The highest BCUT2D eigenvalue weighted by Crippen LogP contribution is 2.38. The number of benzene rings is 1. The molecule has 0 heterocycles. The molecule has 0 spiro atoms. The van der Waals surface area contributed by atoms with Gasteiger partial charge in [0.25, 0.3) is 0 Å². The third kappa shape index (κ3) is 3.89. The van der Waals surface area contributed by atoms with Crippen molar-refractivity contribution < 1.29 is 19.2 Å². The van der Waals surface area contributed by atoms with Crippen LogP contribution in [0.1, 0.15) is 39.2 Å². The van der Waals surface area contributed by atoms with E-state index in [9.17, 15) is 19.2 Å². The first-order valence-electron chi connectivity index (χ1n) is 6.94. The minimum atomic E-state index is -1.07. The zero-order valence-electron chi connectivity index (χ0n) is 13.1. The molecule has 0 aliphatic rings. The van der Waals surface area contributed by atoms with E-state index in [-0.39, 0.29) is 23.1 Å². The molecule has 1 aromatic carbocycles. The summed E-state index contributed by atoms with van der Waals surface area (Å²) in [5.41, 5.74) is 0.468. The summed E-state index contributed by atoms with van der Waals surface area (Å²) in [7, 11) is 0. The van der Waals surface area contributed by atoms with Crippen molar-refractivity contribution in [2.75, 3.05) is 0 Å². The van der Waals surface area contributed by atoms with Crippen molar-refractivity contribution >= 4 is 34.7 Å². The summed E-state index contributed by atoms with van der Waals surface area (Å²) in [6, 6.07) is 6.65. The lowest BCUT2D eigenvalue weighted by atomic mass is 9.71. The first-order valence-corrected chi connectivity index (χ1v) is 7.32. The van der Waals surface area contributed by atoms with Crippen LogP contribution in [0.5, 0.6) is 0 Å². The average molecular weight is 323 g/mol. The number of hydrogen-bond acceptors (Lipinski definition) is 4. The van der Waals surface area contributed by atoms with E-state index >= 15 is 0 Å². The predicted molar refractivity (Wildman–Crippen MR) is 83.9 cm³/mol. The molecule has 0 fully saturated rings. The molecule has 22 heavy (non-hydrogen) atoms. The first-order chi connectivity index (χ1) is 10.2. The smallest absolute Gasteiger partial charge is 0.140 e. The Bertz CT molecular complexity index is 561. The lowest BCUT2D eigenvalue weighted by Gasteiger charge is -2.29. The summed E-state index contributed by atoms with van der Waals surface area (Å²) in [6.07, 6.45) is 0. The van der Waals surface area contributed by atoms with Crippen LogP contribution >= 0.6 is 11.6 Å². The summed E-state index contributed by atoms with van der Waals surface area (Å²) < 4.78 is 0. The van der Waals surface area contributed by atoms with E-state index in [4.69, 9.17) is 11.6 Å². The second-order valence-corrected chi connectivity index (χ2v) is 5.85. The molecular formula is C17H19ClO4. The quantitative estimate of drug-likeness (QED) is 0.724. The van der Waals surface area contributed by atoms with Crippen molar-refractivity contribution in [1.82, 2.24) is 0 Å². The zero-order chi connectivity index (χ0) is 17.0. The number of rotatable bonds is 7. The number of Topliss-reactive ketones (excluding diaryl/α,β-unsaturated/α-hetero) is 4. The number of hydrogen-bond donors (Lipinski definition) is 0. The highest BCUT2D eigenvalue weighted by Gasteiger charge is 2.41. The summed E-state index contributed by atoms with van der Waals surface area (Å²) in [5, 5.41) is 0.326. The molecule has 0 aliphatic heterocycles. The molecule has 0 radical (unpaired) electrons. The SMILES string of the molecule is CC(=O)C(C(C)=O)C(c1ccccc1Cl)C(C(C)=O)C(C)=O. The fraction of sp³-hybridized carbons (Fsp3) is 0.412. The monoisotopic (exact) mass is 322 g/mol. The first kappa shape index (κ1) is 18.2. The van der Waals surface area contributed by atoms with E-state index < -0.39 is 17.8 Å². The molecular weight excluding hydrogens is 304 g/mol. The molecule has 0 atom stereocenters. The van der Waals surface area contributed by atoms with Crippen LogP contribution in [0.25, 0.3) is 0 Å². The molecule has 0 saturated heterocycles. The third-order valence-corrected chi connectivity index (χ3v) is 4.08. The normalized spacial score (nSPS) is 11.1. The zero-order valence-corrected chi connectivity index (χ0v) is 13.8. The summed E-state index contributed by atoms with van der Waals surface area (Å²) in [5.74, 6) is -4.56. The van der Waals surface area contributed by atoms with E-state index in [1.54, 1.807) is 24.3 Å². The van der Waals surface area contributed by atoms with Gasteiger partial charge in [0.05, 0.1) is 11.8 Å². The lowest BCUT2D eigenvalue weighted by molar-refractivity contribution is -0.135. The maximum Gasteiger partial charge on any atom is 0.140 e. The van der Waals surface area contributed by atoms with Gasteiger partial charge in [0.2, 0.25) is 0 Å². The Morgan fingerprint density at radius 1 is 0.773 bits per heavy atom. The lowest BCUT2D eigenvalue weighted by Crippen LogP contribution is -2.37. The third-order valence-electron chi connectivity index (χ3n) is 3.73. The number of carbonyl (C=O) groups excluding carboxylic acids is 4. The van der Waals surface area contributed by atoms with Crippen LogP contribution in [0, 0.1) is 11.8 Å². The fourth-order valence-corrected chi connectivity index (χ4v) is 3.14. The maximum atomic E-state index is 12.0. The molecule has 0 saturated carbocycles. The van der Waals surface area contributed by atoms with Gasteiger partial charge in [-0.3, -0.25) is 19.2 Å². The van der Waals surface area contributed by atoms with E-state index in [2.05, 4.69) is 0 Å². The van der Waals surface area contributed by atoms with E-state index in [0.29, 0.717) is 10.6 Å². The second kappa shape index (κ2) is 7.45. The molecule has 1 aromatic rings. The topological polar surface area (TPSA) is 68.3 Å². The molecule has 118 valence electrons. The van der Waals surface area contributed by atoms with E-state index in [0.717, 1.165) is 0 Å². The van der Waals surface area contributed by atoms with Gasteiger partial charge < -0.3 is 0 Å². The van der Waals surface area contributed by atoms with Crippen molar-refractivity contribution in [2.45, 2.75) is 33.6 Å². The molecule has 0 aromatic heterocycles. The van der Waals surface area contributed by atoms with Gasteiger partial charge in [0, 0.05) is 10.9 Å². The van der Waals surface area contributed by atoms with Crippen molar-refractivity contribution in [3.05, 3.63) is 34.9 Å². The minimum absolute atomic E-state index is 0.326. The minimum Gasteiger partial charge on any atom is -0.299 e. The van der Waals surface area contributed by atoms with Crippen LogP contribution in [0.2, 0.25) is 5.02 Å². The molecule has 4 nitrogen and oxygen atoms in total. The van der Waals surface area contributed by atoms with Gasteiger partial charge in [-0.1, -0.05) is 29.8 Å². The number of ketones is 4. The molecule has 0 bridgehead atoms. The van der Waals surface area contributed by atoms with Gasteiger partial charge in [-0.15, -0.1) is 0 Å². The standard InChI is InChI=1S/C17H19ClO4/c1-9(19)15(10(2)20)17(16(11(3)21)12(4)22)13-7-5-6-8-14(13)18/h5-8,15-17H,1-4H3. The molecule has 5 heteroatoms. The highest BCUT2D eigenvalue weighted by atomic mass is 35.5. The van der Waals surface area contributed by atoms with Crippen molar-refractivity contribution in [2.24, 2.45) is 11.8 Å². The Balaban J connectivity index is 3.60. The van der Waals surface area contributed by atoms with Gasteiger partial charge in [0.15, 0.2) is 0 Å². The fourth-order valence-electron chi connectivity index (χ4n) is 2.88. The average Bonchev–Trinajstić information content (AvgIpc) is 2.36. The number of carbonyl (C=O) groups is 4. The summed E-state index contributed by atoms with van der Waals surface area (Å²) in [4.78, 5) is 47.9. The number of halogens is 1. The molecule has 0 aliphatic carbocycles. The second-order valence-electron chi connectivity index (χ2n) is 5.45. The van der Waals surface area contributed by atoms with Gasteiger partial charge in [0.1, 0.15) is 23.1 Å². The molecule has 0 amide bonds. The van der Waals surface area contributed by atoms with Gasteiger partial charge in [-0.2, -0.15) is 0 Å². The van der Waals surface area contributed by atoms with E-state index in [1.807, 2.05) is 0 Å². The van der Waals surface area contributed by atoms with Crippen LogP contribution in [-0.4, -0.2) is 23.1 Å². The maximum absolute atomic E-state index is 12.0. The Hall–Kier alpha value is -1.81. The predicted octanol–water partition coefficient (Wildman–Crippen LogP) is 3.01.